The molecule has 1 heterocycles. The van der Waals surface area contributed by atoms with Gasteiger partial charge in [-0.15, -0.1) is 0 Å². The largest absolute Gasteiger partial charge is 0.326 e. The Balaban J connectivity index is 2.20. The Morgan fingerprint density at radius 2 is 1.91 bits per heavy atom. The molecule has 1 fully saturated rings. The molecule has 0 aliphatic carbocycles. The molecule has 0 unspecified atom stereocenters. The molecule has 0 radical (unpaired) electrons. The van der Waals surface area contributed by atoms with Gasteiger partial charge in [0, 0.05) is 24.7 Å². The maximum absolute atomic E-state index is 12.8. The zero-order chi connectivity index (χ0) is 16.2. The van der Waals surface area contributed by atoms with Gasteiger partial charge in [0.1, 0.15) is 0 Å². The predicted octanol–water partition coefficient (Wildman–Crippen LogP) is 2.99. The molecule has 122 valence electrons. The van der Waals surface area contributed by atoms with Crippen molar-refractivity contribution < 1.29 is 13.2 Å². The summed E-state index contributed by atoms with van der Waals surface area (Å²) >= 11 is 0. The van der Waals surface area contributed by atoms with Crippen molar-refractivity contribution in [3.63, 3.8) is 0 Å². The molecule has 2 rings (SSSR count). The molecule has 5 nitrogen and oxygen atoms in total. The summed E-state index contributed by atoms with van der Waals surface area (Å²) in [6, 6.07) is 6.53. The highest BCUT2D eigenvalue weighted by Gasteiger charge is 2.32. The Morgan fingerprint density at radius 3 is 2.50 bits per heavy atom. The number of benzene rings is 1. The maximum Gasteiger partial charge on any atom is 0.243 e. The van der Waals surface area contributed by atoms with Crippen LogP contribution in [0, 0.1) is 0 Å². The van der Waals surface area contributed by atoms with E-state index in [0.29, 0.717) is 23.5 Å². The first-order valence-corrected chi connectivity index (χ1v) is 9.34. The summed E-state index contributed by atoms with van der Waals surface area (Å²) in [7, 11) is -3.45. The molecule has 1 N–H and O–H groups in total. The van der Waals surface area contributed by atoms with Crippen LogP contribution in [0.5, 0.6) is 0 Å². The summed E-state index contributed by atoms with van der Waals surface area (Å²) < 4.78 is 27.2. The second-order valence-electron chi connectivity index (χ2n) is 5.60. The van der Waals surface area contributed by atoms with Crippen molar-refractivity contribution in [1.29, 1.82) is 0 Å². The Bertz CT molecular complexity index is 611. The van der Waals surface area contributed by atoms with Gasteiger partial charge in [0.15, 0.2) is 0 Å². The first kappa shape index (κ1) is 17.0. The highest BCUT2D eigenvalue weighted by atomic mass is 32.2. The molecule has 0 spiro atoms. The summed E-state index contributed by atoms with van der Waals surface area (Å²) in [5.41, 5.74) is 0.622. The van der Waals surface area contributed by atoms with E-state index in [2.05, 4.69) is 5.32 Å². The van der Waals surface area contributed by atoms with Gasteiger partial charge < -0.3 is 5.32 Å². The quantitative estimate of drug-likeness (QED) is 0.905. The molecular formula is C16H24N2O3S. The first-order valence-electron chi connectivity index (χ1n) is 7.90. The average Bonchev–Trinajstić information content (AvgIpc) is 2.55. The molecule has 1 atom stereocenters. The smallest absolute Gasteiger partial charge is 0.243 e. The molecule has 1 aliphatic heterocycles. The van der Waals surface area contributed by atoms with Gasteiger partial charge in [0.25, 0.3) is 0 Å². The summed E-state index contributed by atoms with van der Waals surface area (Å²) in [6.07, 6.45) is 4.17. The SMILES string of the molecule is CCC(=O)Nc1ccc(S(=O)(=O)N2CCCC[C@H]2CC)cc1. The summed E-state index contributed by atoms with van der Waals surface area (Å²) in [6.45, 7) is 4.40. The minimum Gasteiger partial charge on any atom is -0.326 e. The lowest BCUT2D eigenvalue weighted by atomic mass is 10.0. The third kappa shape index (κ3) is 3.67. The second kappa shape index (κ2) is 7.24. The molecule has 22 heavy (non-hydrogen) atoms. The molecule has 0 aromatic heterocycles. The fourth-order valence-electron chi connectivity index (χ4n) is 2.79. The van der Waals surface area contributed by atoms with Crippen LogP contribution in [0.3, 0.4) is 0 Å². The topological polar surface area (TPSA) is 66.5 Å². The van der Waals surface area contributed by atoms with E-state index in [4.69, 9.17) is 0 Å². The molecule has 1 aromatic rings. The number of carbonyl (C=O) groups excluding carboxylic acids is 1. The second-order valence-corrected chi connectivity index (χ2v) is 7.49. The Labute approximate surface area is 132 Å². The molecule has 0 saturated carbocycles. The van der Waals surface area contributed by atoms with Crippen LogP contribution in [-0.2, 0) is 14.8 Å². The minimum atomic E-state index is -3.45. The molecule has 1 aromatic carbocycles. The number of nitrogens with one attached hydrogen (secondary N) is 1. The van der Waals surface area contributed by atoms with Crippen LogP contribution in [0.1, 0.15) is 46.0 Å². The van der Waals surface area contributed by atoms with Crippen LogP contribution >= 0.6 is 0 Å². The summed E-state index contributed by atoms with van der Waals surface area (Å²) in [4.78, 5) is 11.6. The molecule has 0 bridgehead atoms. The highest BCUT2D eigenvalue weighted by Crippen LogP contribution is 2.27. The number of anilines is 1. The van der Waals surface area contributed by atoms with Crippen molar-refractivity contribution in [3.05, 3.63) is 24.3 Å². The first-order chi connectivity index (χ1) is 10.5. The Morgan fingerprint density at radius 1 is 1.23 bits per heavy atom. The predicted molar refractivity (Wildman–Crippen MR) is 87.2 cm³/mol. The van der Waals surface area contributed by atoms with Crippen molar-refractivity contribution in [2.75, 3.05) is 11.9 Å². The normalized spacial score (nSPS) is 19.8. The van der Waals surface area contributed by atoms with E-state index in [0.717, 1.165) is 25.7 Å². The van der Waals surface area contributed by atoms with E-state index >= 15 is 0 Å². The van der Waals surface area contributed by atoms with Gasteiger partial charge in [-0.2, -0.15) is 4.31 Å². The lowest BCUT2D eigenvalue weighted by Gasteiger charge is -2.34. The van der Waals surface area contributed by atoms with E-state index in [-0.39, 0.29) is 11.9 Å². The number of carbonyl (C=O) groups is 1. The molecule has 1 saturated heterocycles. The van der Waals surface area contributed by atoms with Gasteiger partial charge in [0.05, 0.1) is 4.90 Å². The zero-order valence-electron chi connectivity index (χ0n) is 13.2. The lowest BCUT2D eigenvalue weighted by Crippen LogP contribution is -2.43. The monoisotopic (exact) mass is 324 g/mol. The van der Waals surface area contributed by atoms with Crippen LogP contribution in [0.25, 0.3) is 0 Å². The zero-order valence-corrected chi connectivity index (χ0v) is 14.0. The fraction of sp³-hybridized carbons (Fsp3) is 0.562. The number of sulfonamides is 1. The van der Waals surface area contributed by atoms with Crippen molar-refractivity contribution in [2.45, 2.75) is 56.9 Å². The van der Waals surface area contributed by atoms with Crippen LogP contribution in [0.4, 0.5) is 5.69 Å². The maximum atomic E-state index is 12.8. The van der Waals surface area contributed by atoms with Gasteiger partial charge in [-0.3, -0.25) is 4.79 Å². The van der Waals surface area contributed by atoms with Crippen LogP contribution < -0.4 is 5.32 Å². The van der Waals surface area contributed by atoms with Crippen molar-refractivity contribution in [2.24, 2.45) is 0 Å². The van der Waals surface area contributed by atoms with E-state index in [9.17, 15) is 13.2 Å². The molecule has 6 heteroatoms. The lowest BCUT2D eigenvalue weighted by molar-refractivity contribution is -0.115. The van der Waals surface area contributed by atoms with Crippen LogP contribution in [0.2, 0.25) is 0 Å². The molecule has 1 amide bonds. The summed E-state index contributed by atoms with van der Waals surface area (Å²) in [5, 5.41) is 2.72. The third-order valence-corrected chi connectivity index (χ3v) is 6.08. The van der Waals surface area contributed by atoms with Crippen molar-refractivity contribution in [1.82, 2.24) is 4.31 Å². The van der Waals surface area contributed by atoms with E-state index in [1.807, 2.05) is 6.92 Å². The van der Waals surface area contributed by atoms with Gasteiger partial charge >= 0.3 is 0 Å². The number of hydrogen-bond donors (Lipinski definition) is 1. The molecule has 1 aliphatic rings. The Hall–Kier alpha value is -1.40. The van der Waals surface area contributed by atoms with Gasteiger partial charge in [0.2, 0.25) is 15.9 Å². The fourth-order valence-corrected chi connectivity index (χ4v) is 4.56. The molecular weight excluding hydrogens is 300 g/mol. The van der Waals surface area contributed by atoms with Crippen LogP contribution in [-0.4, -0.2) is 31.2 Å². The third-order valence-electron chi connectivity index (χ3n) is 4.11. The van der Waals surface area contributed by atoms with Gasteiger partial charge in [-0.1, -0.05) is 20.3 Å². The minimum absolute atomic E-state index is 0.0855. The van der Waals surface area contributed by atoms with Crippen molar-refractivity contribution >= 4 is 21.6 Å². The van der Waals surface area contributed by atoms with E-state index in [1.165, 1.54) is 0 Å². The highest BCUT2D eigenvalue weighted by molar-refractivity contribution is 7.89. The number of rotatable bonds is 5. The van der Waals surface area contributed by atoms with E-state index in [1.54, 1.807) is 35.5 Å². The van der Waals surface area contributed by atoms with Crippen LogP contribution in [0.15, 0.2) is 29.2 Å². The average molecular weight is 324 g/mol. The van der Waals surface area contributed by atoms with Gasteiger partial charge in [-0.25, -0.2) is 8.42 Å². The number of nitrogens with zero attached hydrogens (tertiary/aromatic N) is 1. The van der Waals surface area contributed by atoms with Crippen molar-refractivity contribution in [3.8, 4) is 0 Å². The number of amides is 1. The number of hydrogen-bond acceptors (Lipinski definition) is 3. The van der Waals surface area contributed by atoms with Gasteiger partial charge in [-0.05, 0) is 43.5 Å². The Kier molecular flexibility index (Phi) is 5.58. The number of piperidine rings is 1. The standard InChI is InChI=1S/C16H24N2O3S/c1-3-14-7-5-6-12-18(14)22(20,21)15-10-8-13(9-11-15)17-16(19)4-2/h8-11,14H,3-7,12H2,1-2H3,(H,17,19)/t14-/m1/s1. The summed E-state index contributed by atoms with van der Waals surface area (Å²) in [5.74, 6) is -0.0855. The van der Waals surface area contributed by atoms with E-state index < -0.39 is 10.0 Å².